The van der Waals surface area contributed by atoms with Crippen LogP contribution in [-0.2, 0) is 11.3 Å². The molecule has 1 aromatic rings. The van der Waals surface area contributed by atoms with E-state index in [0.29, 0.717) is 18.8 Å². The average molecular weight is 279 g/mol. The lowest BCUT2D eigenvalue weighted by Gasteiger charge is -2.26. The first-order chi connectivity index (χ1) is 7.34. The number of hydrogen-bond acceptors (Lipinski definition) is 3. The van der Waals surface area contributed by atoms with Crippen LogP contribution in [0, 0.1) is 0 Å². The van der Waals surface area contributed by atoms with Crippen molar-refractivity contribution in [2.24, 2.45) is 5.73 Å². The molecule has 1 fully saturated rings. The number of halogens is 2. The molecule has 0 bridgehead atoms. The Morgan fingerprint density at radius 2 is 1.71 bits per heavy atom. The standard InChI is InChI=1S/C12H18N2O.2ClH/c13-11-1-3-12(4-2-11)15-9-10-5-7-14-8-6-10;;/h5-8,11-12H,1-4,9,13H2;2*1H/t11-,12-;;. The van der Waals surface area contributed by atoms with Crippen LogP contribution in [0.15, 0.2) is 24.5 Å². The van der Waals surface area contributed by atoms with Gasteiger partial charge in [0, 0.05) is 18.4 Å². The lowest BCUT2D eigenvalue weighted by molar-refractivity contribution is 0.0138. The Kier molecular flexibility index (Phi) is 8.52. The van der Waals surface area contributed by atoms with E-state index in [0.717, 1.165) is 25.7 Å². The zero-order chi connectivity index (χ0) is 10.5. The number of ether oxygens (including phenoxy) is 1. The highest BCUT2D eigenvalue weighted by Gasteiger charge is 2.18. The van der Waals surface area contributed by atoms with Gasteiger partial charge in [-0.15, -0.1) is 24.8 Å². The minimum atomic E-state index is 0. The lowest BCUT2D eigenvalue weighted by atomic mass is 9.94. The number of rotatable bonds is 3. The molecule has 0 radical (unpaired) electrons. The molecule has 0 aromatic carbocycles. The molecular formula is C12H20Cl2N2O. The van der Waals surface area contributed by atoms with E-state index >= 15 is 0 Å². The number of hydrogen-bond donors (Lipinski definition) is 1. The average Bonchev–Trinajstić information content (AvgIpc) is 2.30. The van der Waals surface area contributed by atoms with Gasteiger partial charge in [0.15, 0.2) is 0 Å². The normalized spacial score (nSPS) is 23.4. The summed E-state index contributed by atoms with van der Waals surface area (Å²) in [6, 6.07) is 4.38. The van der Waals surface area contributed by atoms with Crippen LogP contribution in [0.3, 0.4) is 0 Å². The van der Waals surface area contributed by atoms with Crippen molar-refractivity contribution < 1.29 is 4.74 Å². The second kappa shape index (κ2) is 8.70. The molecule has 0 amide bonds. The van der Waals surface area contributed by atoms with Crippen LogP contribution >= 0.6 is 24.8 Å². The van der Waals surface area contributed by atoms with Crippen molar-refractivity contribution in [2.45, 2.75) is 44.4 Å². The Balaban J connectivity index is 0.00000128. The summed E-state index contributed by atoms with van der Waals surface area (Å²) in [5.74, 6) is 0. The molecule has 0 saturated heterocycles. The first-order valence-corrected chi connectivity index (χ1v) is 5.60. The van der Waals surface area contributed by atoms with E-state index < -0.39 is 0 Å². The highest BCUT2D eigenvalue weighted by atomic mass is 35.5. The SMILES string of the molecule is Cl.Cl.N[C@H]1CC[C@H](OCc2ccncc2)CC1. The van der Waals surface area contributed by atoms with Crippen LogP contribution in [0.5, 0.6) is 0 Å². The first-order valence-electron chi connectivity index (χ1n) is 5.60. The zero-order valence-electron chi connectivity index (χ0n) is 9.75. The molecule has 1 aromatic heterocycles. The predicted molar refractivity (Wildman–Crippen MR) is 73.8 cm³/mol. The summed E-state index contributed by atoms with van der Waals surface area (Å²) in [7, 11) is 0. The molecule has 1 heterocycles. The molecule has 1 saturated carbocycles. The van der Waals surface area contributed by atoms with Crippen molar-refractivity contribution >= 4 is 24.8 Å². The van der Waals surface area contributed by atoms with E-state index in [4.69, 9.17) is 10.5 Å². The highest BCUT2D eigenvalue weighted by molar-refractivity contribution is 5.85. The van der Waals surface area contributed by atoms with Gasteiger partial charge in [-0.3, -0.25) is 4.98 Å². The monoisotopic (exact) mass is 278 g/mol. The van der Waals surface area contributed by atoms with Crippen molar-refractivity contribution in [2.75, 3.05) is 0 Å². The number of nitrogens with two attached hydrogens (primary N) is 1. The molecule has 0 aliphatic heterocycles. The highest BCUT2D eigenvalue weighted by Crippen LogP contribution is 2.20. The Morgan fingerprint density at radius 1 is 1.12 bits per heavy atom. The lowest BCUT2D eigenvalue weighted by Crippen LogP contribution is -2.30. The quantitative estimate of drug-likeness (QED) is 0.925. The van der Waals surface area contributed by atoms with Gasteiger partial charge in [0.05, 0.1) is 12.7 Å². The molecule has 0 atom stereocenters. The minimum Gasteiger partial charge on any atom is -0.374 e. The molecule has 0 spiro atoms. The van der Waals surface area contributed by atoms with Crippen molar-refractivity contribution in [3.63, 3.8) is 0 Å². The summed E-state index contributed by atoms with van der Waals surface area (Å²) in [5.41, 5.74) is 7.03. The third-order valence-corrected chi connectivity index (χ3v) is 2.95. The Hall–Kier alpha value is -0.350. The molecule has 2 N–H and O–H groups in total. The predicted octanol–water partition coefficient (Wildman–Crippen LogP) is 2.71. The summed E-state index contributed by atoms with van der Waals surface area (Å²) in [4.78, 5) is 3.98. The fourth-order valence-corrected chi connectivity index (χ4v) is 1.95. The van der Waals surface area contributed by atoms with Crippen LogP contribution in [0.1, 0.15) is 31.2 Å². The largest absolute Gasteiger partial charge is 0.374 e. The van der Waals surface area contributed by atoms with Gasteiger partial charge in [0.1, 0.15) is 0 Å². The molecule has 1 aliphatic carbocycles. The summed E-state index contributed by atoms with van der Waals surface area (Å²) >= 11 is 0. The van der Waals surface area contributed by atoms with Crippen molar-refractivity contribution in [3.8, 4) is 0 Å². The summed E-state index contributed by atoms with van der Waals surface area (Å²) < 4.78 is 5.83. The topological polar surface area (TPSA) is 48.1 Å². The second-order valence-electron chi connectivity index (χ2n) is 4.20. The van der Waals surface area contributed by atoms with Crippen molar-refractivity contribution in [1.29, 1.82) is 0 Å². The van der Waals surface area contributed by atoms with E-state index in [-0.39, 0.29) is 24.8 Å². The van der Waals surface area contributed by atoms with Gasteiger partial charge in [-0.1, -0.05) is 0 Å². The van der Waals surface area contributed by atoms with Crippen molar-refractivity contribution in [3.05, 3.63) is 30.1 Å². The maximum Gasteiger partial charge on any atom is 0.0721 e. The third kappa shape index (κ3) is 5.68. The number of aromatic nitrogens is 1. The Morgan fingerprint density at radius 3 is 2.29 bits per heavy atom. The summed E-state index contributed by atoms with van der Waals surface area (Å²) in [6.07, 6.45) is 8.41. The first kappa shape index (κ1) is 16.6. The number of pyridine rings is 1. The van der Waals surface area contributed by atoms with Gasteiger partial charge in [-0.2, -0.15) is 0 Å². The van der Waals surface area contributed by atoms with E-state index in [2.05, 4.69) is 4.98 Å². The minimum absolute atomic E-state index is 0. The van der Waals surface area contributed by atoms with Gasteiger partial charge in [0.25, 0.3) is 0 Å². The van der Waals surface area contributed by atoms with Gasteiger partial charge < -0.3 is 10.5 Å². The van der Waals surface area contributed by atoms with Crippen LogP contribution < -0.4 is 5.73 Å². The van der Waals surface area contributed by atoms with Gasteiger partial charge in [-0.25, -0.2) is 0 Å². The van der Waals surface area contributed by atoms with Crippen LogP contribution in [-0.4, -0.2) is 17.1 Å². The van der Waals surface area contributed by atoms with Crippen LogP contribution in [0.4, 0.5) is 0 Å². The number of nitrogens with zero attached hydrogens (tertiary/aromatic N) is 1. The molecule has 0 unspecified atom stereocenters. The van der Waals surface area contributed by atoms with Gasteiger partial charge >= 0.3 is 0 Å². The molecule has 3 nitrogen and oxygen atoms in total. The van der Waals surface area contributed by atoms with Crippen LogP contribution in [0.2, 0.25) is 0 Å². The molecule has 2 rings (SSSR count). The maximum absolute atomic E-state index is 5.84. The van der Waals surface area contributed by atoms with Gasteiger partial charge in [-0.05, 0) is 43.4 Å². The second-order valence-corrected chi connectivity index (χ2v) is 4.20. The van der Waals surface area contributed by atoms with Crippen molar-refractivity contribution in [1.82, 2.24) is 4.98 Å². The third-order valence-electron chi connectivity index (χ3n) is 2.95. The molecule has 98 valence electrons. The summed E-state index contributed by atoms with van der Waals surface area (Å²) in [6.45, 7) is 0.697. The van der Waals surface area contributed by atoms with Crippen LogP contribution in [0.25, 0.3) is 0 Å². The fraction of sp³-hybridized carbons (Fsp3) is 0.583. The Labute approximate surface area is 115 Å². The fourth-order valence-electron chi connectivity index (χ4n) is 1.95. The zero-order valence-corrected chi connectivity index (χ0v) is 11.4. The Bertz CT molecular complexity index is 290. The smallest absolute Gasteiger partial charge is 0.0721 e. The van der Waals surface area contributed by atoms with E-state index in [1.54, 1.807) is 12.4 Å². The van der Waals surface area contributed by atoms with E-state index in [1.807, 2.05) is 12.1 Å². The maximum atomic E-state index is 5.84. The molecule has 5 heteroatoms. The summed E-state index contributed by atoms with van der Waals surface area (Å²) in [5, 5.41) is 0. The van der Waals surface area contributed by atoms with E-state index in [1.165, 1.54) is 5.56 Å². The van der Waals surface area contributed by atoms with E-state index in [9.17, 15) is 0 Å². The van der Waals surface area contributed by atoms with Gasteiger partial charge in [0.2, 0.25) is 0 Å². The molecular weight excluding hydrogens is 259 g/mol. The molecule has 17 heavy (non-hydrogen) atoms. The molecule has 1 aliphatic rings.